The van der Waals surface area contributed by atoms with E-state index in [2.05, 4.69) is 15.1 Å². The minimum atomic E-state index is -0.825. The molecule has 0 aliphatic carbocycles. The molecule has 3 N–H and O–H groups in total. The van der Waals surface area contributed by atoms with E-state index < -0.39 is 11.9 Å². The number of nitrogens with two attached hydrogens (primary N) is 1. The van der Waals surface area contributed by atoms with E-state index in [0.29, 0.717) is 48.7 Å². The number of hydrogen-bond donors (Lipinski definition) is 2. The Bertz CT molecular complexity index is 1460. The molecule has 1 unspecified atom stereocenters. The van der Waals surface area contributed by atoms with E-state index in [1.54, 1.807) is 52.1 Å². The number of nitrogens with zero attached hydrogens (tertiary/aromatic N) is 5. The second kappa shape index (κ2) is 10.0. The summed E-state index contributed by atoms with van der Waals surface area (Å²) in [5.74, 6) is -0.301. The smallest absolute Gasteiger partial charge is 0.257 e. The summed E-state index contributed by atoms with van der Waals surface area (Å²) in [7, 11) is 1.75. The third-order valence-corrected chi connectivity index (χ3v) is 6.55. The van der Waals surface area contributed by atoms with E-state index in [4.69, 9.17) is 10.5 Å². The van der Waals surface area contributed by atoms with Crippen molar-refractivity contribution in [2.75, 3.05) is 26.2 Å². The number of aryl methyl sites for hydroxylation is 2. The van der Waals surface area contributed by atoms with Gasteiger partial charge in [0.25, 0.3) is 5.91 Å². The second-order valence-electron chi connectivity index (χ2n) is 9.20. The predicted octanol–water partition coefficient (Wildman–Crippen LogP) is 2.39. The Morgan fingerprint density at radius 3 is 2.62 bits per heavy atom. The van der Waals surface area contributed by atoms with Crippen LogP contribution in [0.25, 0.3) is 11.0 Å². The normalized spacial score (nSPS) is 14.7. The number of nitrogens with one attached hydrogen (secondary N) is 1. The molecule has 1 aliphatic rings. The van der Waals surface area contributed by atoms with Gasteiger partial charge in [0.2, 0.25) is 5.91 Å². The molecular formula is C26H28FN7O3. The van der Waals surface area contributed by atoms with E-state index in [1.165, 1.54) is 12.3 Å². The number of piperazine rings is 1. The molecular weight excluding hydrogens is 477 g/mol. The number of halogens is 1. The number of H-pyrrole nitrogens is 1. The number of ether oxygens (including phenoxy) is 1. The van der Waals surface area contributed by atoms with Crippen molar-refractivity contribution in [1.29, 1.82) is 0 Å². The van der Waals surface area contributed by atoms with E-state index in [-0.39, 0.29) is 24.0 Å². The topological polar surface area (TPSA) is 122 Å². The first kappa shape index (κ1) is 24.4. The fourth-order valence-electron chi connectivity index (χ4n) is 4.56. The maximum absolute atomic E-state index is 14.9. The zero-order chi connectivity index (χ0) is 26.1. The number of carbonyl (C=O) groups excluding carboxylic acids is 2. The van der Waals surface area contributed by atoms with Crippen LogP contribution in [0.15, 0.2) is 49.1 Å². The van der Waals surface area contributed by atoms with Gasteiger partial charge in [-0.3, -0.25) is 14.3 Å². The van der Waals surface area contributed by atoms with E-state index >= 15 is 0 Å². The number of pyridine rings is 1. The number of fused-ring (bicyclic) bond motifs is 1. The van der Waals surface area contributed by atoms with E-state index in [1.807, 2.05) is 13.1 Å². The molecule has 1 saturated heterocycles. The van der Waals surface area contributed by atoms with Gasteiger partial charge in [-0.25, -0.2) is 9.37 Å². The maximum Gasteiger partial charge on any atom is 0.257 e. The summed E-state index contributed by atoms with van der Waals surface area (Å²) in [5, 5.41) is 4.83. The zero-order valence-corrected chi connectivity index (χ0v) is 20.6. The van der Waals surface area contributed by atoms with Crippen molar-refractivity contribution in [3.05, 3.63) is 71.6 Å². The molecule has 0 saturated carbocycles. The molecule has 37 heavy (non-hydrogen) atoms. The van der Waals surface area contributed by atoms with Crippen molar-refractivity contribution >= 4 is 22.8 Å². The Morgan fingerprint density at radius 2 is 1.92 bits per heavy atom. The van der Waals surface area contributed by atoms with Gasteiger partial charge in [0.05, 0.1) is 23.2 Å². The Hall–Kier alpha value is -4.25. The summed E-state index contributed by atoms with van der Waals surface area (Å²) in [6.07, 6.45) is 6.80. The monoisotopic (exact) mass is 505 g/mol. The fraction of sp³-hybridized carbons (Fsp3) is 0.308. The molecule has 4 heterocycles. The highest BCUT2D eigenvalue weighted by Crippen LogP contribution is 2.32. The van der Waals surface area contributed by atoms with Gasteiger partial charge >= 0.3 is 0 Å². The number of aromatic amines is 1. The summed E-state index contributed by atoms with van der Waals surface area (Å²) in [4.78, 5) is 36.2. The average molecular weight is 506 g/mol. The van der Waals surface area contributed by atoms with Gasteiger partial charge in [-0.15, -0.1) is 0 Å². The van der Waals surface area contributed by atoms with Gasteiger partial charge in [0.1, 0.15) is 11.4 Å². The average Bonchev–Trinajstić information content (AvgIpc) is 3.51. The van der Waals surface area contributed by atoms with Crippen molar-refractivity contribution < 1.29 is 18.7 Å². The van der Waals surface area contributed by atoms with Crippen molar-refractivity contribution in [2.45, 2.75) is 19.4 Å². The highest BCUT2D eigenvalue weighted by Gasteiger charge is 2.28. The zero-order valence-electron chi connectivity index (χ0n) is 20.6. The number of carbonyl (C=O) groups is 2. The van der Waals surface area contributed by atoms with Gasteiger partial charge in [-0.05, 0) is 42.7 Å². The van der Waals surface area contributed by atoms with E-state index in [0.717, 1.165) is 10.9 Å². The molecule has 1 aromatic carbocycles. The Labute approximate surface area is 212 Å². The Kier molecular flexibility index (Phi) is 6.62. The van der Waals surface area contributed by atoms with Crippen LogP contribution in [0.5, 0.6) is 11.5 Å². The lowest BCUT2D eigenvalue weighted by molar-refractivity contribution is -0.134. The summed E-state index contributed by atoms with van der Waals surface area (Å²) >= 11 is 0. The summed E-state index contributed by atoms with van der Waals surface area (Å²) < 4.78 is 22.3. The molecule has 4 aromatic rings. The minimum absolute atomic E-state index is 0.0751. The van der Waals surface area contributed by atoms with Crippen LogP contribution in [0.4, 0.5) is 4.39 Å². The molecule has 10 nitrogen and oxygen atoms in total. The van der Waals surface area contributed by atoms with Crippen LogP contribution >= 0.6 is 0 Å². The molecule has 1 aliphatic heterocycles. The quantitative estimate of drug-likeness (QED) is 0.415. The Balaban J connectivity index is 1.18. The molecule has 0 bridgehead atoms. The van der Waals surface area contributed by atoms with Gasteiger partial charge in [0, 0.05) is 51.8 Å². The summed E-state index contributed by atoms with van der Waals surface area (Å²) in [6.45, 7) is 3.52. The molecule has 3 aromatic heterocycles. The molecule has 0 radical (unpaired) electrons. The molecule has 0 spiro atoms. The second-order valence-corrected chi connectivity index (χ2v) is 9.20. The first-order valence-electron chi connectivity index (χ1n) is 12.0. The molecule has 2 amide bonds. The van der Waals surface area contributed by atoms with Crippen molar-refractivity contribution in [3.63, 3.8) is 0 Å². The molecule has 11 heteroatoms. The van der Waals surface area contributed by atoms with Gasteiger partial charge in [-0.1, -0.05) is 6.07 Å². The standard InChI is InChI=1S/C26H28FN7O3/c1-16-13-30-24-23(16)22(5-6-29-24)37-21-4-3-17(11-19(21)27)12-20(28)26(36)34-9-7-33(8-10-34)25(35)18-14-31-32(2)15-18/h3-6,11,13-15,20H,7-10,12,28H2,1-2H3,(H,29,30). The van der Waals surface area contributed by atoms with Crippen molar-refractivity contribution in [3.8, 4) is 11.5 Å². The van der Waals surface area contributed by atoms with Gasteiger partial charge in [-0.2, -0.15) is 5.10 Å². The SMILES string of the molecule is Cc1c[nH]c2nccc(Oc3ccc(CC(N)C(=O)N4CCN(C(=O)c5cnn(C)c5)CC4)cc3F)c12. The Morgan fingerprint density at radius 1 is 1.16 bits per heavy atom. The lowest BCUT2D eigenvalue weighted by Gasteiger charge is -2.35. The largest absolute Gasteiger partial charge is 0.453 e. The lowest BCUT2D eigenvalue weighted by Crippen LogP contribution is -2.54. The highest BCUT2D eigenvalue weighted by molar-refractivity contribution is 5.94. The van der Waals surface area contributed by atoms with Crippen LogP contribution in [0.1, 0.15) is 21.5 Å². The molecule has 5 rings (SSSR count). The number of rotatable bonds is 6. The highest BCUT2D eigenvalue weighted by atomic mass is 19.1. The maximum atomic E-state index is 14.9. The van der Waals surface area contributed by atoms with Crippen LogP contribution in [0.3, 0.4) is 0 Å². The minimum Gasteiger partial charge on any atom is -0.453 e. The van der Waals surface area contributed by atoms with Gasteiger partial charge in [0.15, 0.2) is 11.6 Å². The predicted molar refractivity (Wildman–Crippen MR) is 135 cm³/mol. The fourth-order valence-corrected chi connectivity index (χ4v) is 4.56. The summed E-state index contributed by atoms with van der Waals surface area (Å²) in [6, 6.07) is 5.45. The van der Waals surface area contributed by atoms with Crippen molar-refractivity contribution in [1.82, 2.24) is 29.5 Å². The first-order chi connectivity index (χ1) is 17.8. The van der Waals surface area contributed by atoms with Crippen LogP contribution in [-0.4, -0.2) is 73.6 Å². The third-order valence-electron chi connectivity index (χ3n) is 6.55. The third kappa shape index (κ3) is 5.03. The molecule has 192 valence electrons. The van der Waals surface area contributed by atoms with Crippen LogP contribution in [0.2, 0.25) is 0 Å². The molecule has 1 fully saturated rings. The number of benzene rings is 1. The molecule has 1 atom stereocenters. The first-order valence-corrected chi connectivity index (χ1v) is 12.0. The lowest BCUT2D eigenvalue weighted by atomic mass is 10.0. The van der Waals surface area contributed by atoms with Crippen molar-refractivity contribution in [2.24, 2.45) is 12.8 Å². The summed E-state index contributed by atoms with van der Waals surface area (Å²) in [5.41, 5.74) is 8.92. The van der Waals surface area contributed by atoms with Crippen LogP contribution in [-0.2, 0) is 18.3 Å². The van der Waals surface area contributed by atoms with Crippen LogP contribution < -0.4 is 10.5 Å². The number of aromatic nitrogens is 4. The van der Waals surface area contributed by atoms with Crippen LogP contribution in [0, 0.1) is 12.7 Å². The van der Waals surface area contributed by atoms with E-state index in [9.17, 15) is 14.0 Å². The number of amides is 2. The number of hydrogen-bond acceptors (Lipinski definition) is 6. The van der Waals surface area contributed by atoms with Gasteiger partial charge < -0.3 is 25.3 Å².